The summed E-state index contributed by atoms with van der Waals surface area (Å²) >= 11 is 0. The summed E-state index contributed by atoms with van der Waals surface area (Å²) in [5.41, 5.74) is -0.596. The summed E-state index contributed by atoms with van der Waals surface area (Å²) in [6.07, 6.45) is 6.81. The van der Waals surface area contributed by atoms with E-state index in [0.717, 1.165) is 51.3 Å². The summed E-state index contributed by atoms with van der Waals surface area (Å²) in [4.78, 5) is 6.88. The summed E-state index contributed by atoms with van der Waals surface area (Å²) in [5.74, 6) is 1.51. The lowest BCUT2D eigenvalue weighted by Crippen LogP contribution is -2.68. The van der Waals surface area contributed by atoms with Gasteiger partial charge in [0.1, 0.15) is 5.82 Å². The molecule has 4 heterocycles. The average Bonchev–Trinajstić information content (AvgIpc) is 3.01. The number of aliphatic hydroxyl groups is 1. The van der Waals surface area contributed by atoms with Gasteiger partial charge in [0.25, 0.3) is 0 Å². The molecular formula is C18H29N3O3. The molecule has 24 heavy (non-hydrogen) atoms. The number of rotatable bonds is 4. The number of aromatic nitrogens is 2. The lowest BCUT2D eigenvalue weighted by Gasteiger charge is -2.57. The van der Waals surface area contributed by atoms with Gasteiger partial charge in [0.05, 0.1) is 18.8 Å². The van der Waals surface area contributed by atoms with Crippen LogP contribution in [0.5, 0.6) is 0 Å². The Bertz CT molecular complexity index is 563. The van der Waals surface area contributed by atoms with Crippen LogP contribution in [0.1, 0.15) is 25.1 Å². The molecule has 3 fully saturated rings. The van der Waals surface area contributed by atoms with Crippen molar-refractivity contribution in [3.8, 4) is 0 Å². The minimum absolute atomic E-state index is 0.212. The molecule has 1 aromatic heterocycles. The second-order valence-electron chi connectivity index (χ2n) is 7.57. The molecule has 6 nitrogen and oxygen atoms in total. The van der Waals surface area contributed by atoms with E-state index in [4.69, 9.17) is 9.47 Å². The summed E-state index contributed by atoms with van der Waals surface area (Å²) in [6, 6.07) is 0.446. The van der Waals surface area contributed by atoms with Crippen LogP contribution < -0.4 is 0 Å². The van der Waals surface area contributed by atoms with Crippen molar-refractivity contribution >= 4 is 0 Å². The molecule has 0 aromatic carbocycles. The quantitative estimate of drug-likeness (QED) is 0.892. The zero-order valence-electron chi connectivity index (χ0n) is 14.6. The number of hydrogen-bond donors (Lipinski definition) is 1. The van der Waals surface area contributed by atoms with Gasteiger partial charge in [0.15, 0.2) is 0 Å². The van der Waals surface area contributed by atoms with Crippen LogP contribution in [0.3, 0.4) is 0 Å². The molecule has 0 saturated carbocycles. The van der Waals surface area contributed by atoms with E-state index in [2.05, 4.69) is 27.6 Å². The first-order chi connectivity index (χ1) is 11.7. The van der Waals surface area contributed by atoms with Crippen molar-refractivity contribution in [3.05, 3.63) is 18.2 Å². The van der Waals surface area contributed by atoms with Crippen LogP contribution in [0.4, 0.5) is 0 Å². The Labute approximate surface area is 143 Å². The molecule has 6 heteroatoms. The minimum atomic E-state index is -0.596. The molecule has 1 N–H and O–H groups in total. The molecule has 4 atom stereocenters. The highest BCUT2D eigenvalue weighted by Gasteiger charge is 2.54. The maximum absolute atomic E-state index is 11.3. The van der Waals surface area contributed by atoms with Crippen molar-refractivity contribution in [3.63, 3.8) is 0 Å². The number of fused-ring (bicyclic) bond motifs is 3. The first-order valence-corrected chi connectivity index (χ1v) is 9.28. The third-order valence-corrected chi connectivity index (χ3v) is 6.33. The van der Waals surface area contributed by atoms with E-state index in [1.165, 1.54) is 0 Å². The average molecular weight is 335 g/mol. The number of hydrogen-bond acceptors (Lipinski definition) is 5. The summed E-state index contributed by atoms with van der Waals surface area (Å²) in [6.45, 7) is 7.92. The predicted octanol–water partition coefficient (Wildman–Crippen LogP) is 1.07. The summed E-state index contributed by atoms with van der Waals surface area (Å²) < 4.78 is 13.6. The number of likely N-dealkylation sites (tertiary alicyclic amines) is 1. The van der Waals surface area contributed by atoms with Crippen molar-refractivity contribution in [2.45, 2.75) is 44.4 Å². The van der Waals surface area contributed by atoms with Crippen LogP contribution in [-0.2, 0) is 16.0 Å². The smallest absolute Gasteiger partial charge is 0.105 e. The van der Waals surface area contributed by atoms with Crippen LogP contribution in [0.15, 0.2) is 12.4 Å². The fraction of sp³-hybridized carbons (Fsp3) is 0.833. The van der Waals surface area contributed by atoms with Gasteiger partial charge in [-0.05, 0) is 19.8 Å². The Balaban J connectivity index is 1.43. The summed E-state index contributed by atoms with van der Waals surface area (Å²) in [7, 11) is 0. The Morgan fingerprint density at radius 2 is 2.17 bits per heavy atom. The molecule has 0 spiro atoms. The van der Waals surface area contributed by atoms with E-state index in [-0.39, 0.29) is 11.8 Å². The highest BCUT2D eigenvalue weighted by Crippen LogP contribution is 2.44. The molecule has 134 valence electrons. The molecule has 3 aliphatic heterocycles. The van der Waals surface area contributed by atoms with E-state index in [1.54, 1.807) is 0 Å². The SMILES string of the molecule is Cc1nccn1CCCN1C[C@@H]2COCC[C@]2(O)[C@H]2COCC[C@H]21. The van der Waals surface area contributed by atoms with E-state index >= 15 is 0 Å². The number of aryl methyl sites for hydroxylation is 2. The van der Waals surface area contributed by atoms with Gasteiger partial charge in [-0.25, -0.2) is 4.98 Å². The van der Waals surface area contributed by atoms with Crippen molar-refractivity contribution < 1.29 is 14.6 Å². The van der Waals surface area contributed by atoms with Crippen LogP contribution >= 0.6 is 0 Å². The van der Waals surface area contributed by atoms with Crippen molar-refractivity contribution in [2.24, 2.45) is 11.8 Å². The van der Waals surface area contributed by atoms with Crippen LogP contribution in [-0.4, -0.2) is 70.7 Å². The zero-order chi connectivity index (χ0) is 16.6. The second-order valence-corrected chi connectivity index (χ2v) is 7.57. The molecule has 0 unspecified atom stereocenters. The fourth-order valence-electron chi connectivity index (χ4n) is 4.91. The van der Waals surface area contributed by atoms with Gasteiger partial charge in [-0.15, -0.1) is 0 Å². The van der Waals surface area contributed by atoms with E-state index < -0.39 is 5.60 Å². The van der Waals surface area contributed by atoms with Crippen molar-refractivity contribution in [2.75, 3.05) is 39.5 Å². The molecule has 3 saturated heterocycles. The van der Waals surface area contributed by atoms with Gasteiger partial charge in [-0.3, -0.25) is 4.90 Å². The summed E-state index contributed by atoms with van der Waals surface area (Å²) in [5, 5.41) is 11.3. The third-order valence-electron chi connectivity index (χ3n) is 6.33. The monoisotopic (exact) mass is 335 g/mol. The number of ether oxygens (including phenoxy) is 2. The first kappa shape index (κ1) is 16.5. The number of nitrogens with zero attached hydrogens (tertiary/aromatic N) is 3. The molecule has 4 rings (SSSR count). The maximum Gasteiger partial charge on any atom is 0.105 e. The van der Waals surface area contributed by atoms with Crippen LogP contribution in [0.2, 0.25) is 0 Å². The van der Waals surface area contributed by atoms with Gasteiger partial charge in [0, 0.05) is 69.5 Å². The Morgan fingerprint density at radius 1 is 1.29 bits per heavy atom. The Kier molecular flexibility index (Phi) is 4.64. The first-order valence-electron chi connectivity index (χ1n) is 9.28. The molecule has 3 aliphatic rings. The van der Waals surface area contributed by atoms with Crippen LogP contribution in [0.25, 0.3) is 0 Å². The molecule has 0 aliphatic carbocycles. The lowest BCUT2D eigenvalue weighted by molar-refractivity contribution is -0.219. The number of piperidine rings is 1. The van der Waals surface area contributed by atoms with Gasteiger partial charge in [-0.2, -0.15) is 0 Å². The van der Waals surface area contributed by atoms with Gasteiger partial charge >= 0.3 is 0 Å². The highest BCUT2D eigenvalue weighted by atomic mass is 16.5. The topological polar surface area (TPSA) is 59.8 Å². The minimum Gasteiger partial charge on any atom is -0.389 e. The van der Waals surface area contributed by atoms with Crippen molar-refractivity contribution in [1.29, 1.82) is 0 Å². The fourth-order valence-corrected chi connectivity index (χ4v) is 4.91. The molecule has 0 amide bonds. The third kappa shape index (κ3) is 2.90. The molecule has 0 radical (unpaired) electrons. The Hall–Kier alpha value is -0.950. The molecule has 0 bridgehead atoms. The maximum atomic E-state index is 11.3. The van der Waals surface area contributed by atoms with E-state index in [0.29, 0.717) is 25.9 Å². The molecule has 1 aromatic rings. The normalized spacial score (nSPS) is 37.0. The standard InChI is InChI=1S/C18H29N3O3/c1-14-19-5-8-20(14)6-2-7-21-11-15-12-24-10-4-18(15,22)16-13-23-9-3-17(16)21/h5,8,15-17,22H,2-4,6-7,9-13H2,1H3/t15-,16+,17-,18-/m1/s1. The Morgan fingerprint density at radius 3 is 3.00 bits per heavy atom. The zero-order valence-corrected chi connectivity index (χ0v) is 14.6. The second kappa shape index (κ2) is 6.75. The van der Waals surface area contributed by atoms with Gasteiger partial charge < -0.3 is 19.1 Å². The molecular weight excluding hydrogens is 306 g/mol. The lowest BCUT2D eigenvalue weighted by atomic mass is 9.66. The van der Waals surface area contributed by atoms with E-state index in [1.807, 2.05) is 6.20 Å². The van der Waals surface area contributed by atoms with Gasteiger partial charge in [-0.1, -0.05) is 0 Å². The van der Waals surface area contributed by atoms with Gasteiger partial charge in [0.2, 0.25) is 0 Å². The van der Waals surface area contributed by atoms with Crippen molar-refractivity contribution in [1.82, 2.24) is 14.5 Å². The highest BCUT2D eigenvalue weighted by molar-refractivity contribution is 5.06. The van der Waals surface area contributed by atoms with Crippen LogP contribution in [0, 0.1) is 18.8 Å². The van der Waals surface area contributed by atoms with E-state index in [9.17, 15) is 5.11 Å². The largest absolute Gasteiger partial charge is 0.389 e. The predicted molar refractivity (Wildman–Crippen MR) is 89.7 cm³/mol. The number of imidazole rings is 1.